The Morgan fingerprint density at radius 1 is 1.50 bits per heavy atom. The zero-order valence-corrected chi connectivity index (χ0v) is 11.3. The molecule has 2 N–H and O–H groups in total. The van der Waals surface area contributed by atoms with Crippen LogP contribution in [0, 0.1) is 5.92 Å². The number of hydrogen-bond acceptors (Lipinski definition) is 3. The number of aliphatic carboxylic acids is 1. The minimum Gasteiger partial charge on any atom is -0.480 e. The van der Waals surface area contributed by atoms with Crippen molar-refractivity contribution in [3.05, 3.63) is 0 Å². The molecule has 0 aliphatic carbocycles. The fraction of sp³-hybridized carbons (Fsp3) is 0.846. The highest BCUT2D eigenvalue weighted by molar-refractivity contribution is 5.79. The van der Waals surface area contributed by atoms with E-state index in [0.717, 1.165) is 32.2 Å². The molecule has 104 valence electrons. The van der Waals surface area contributed by atoms with Crippen LogP contribution in [-0.2, 0) is 9.59 Å². The van der Waals surface area contributed by atoms with E-state index < -0.39 is 5.97 Å². The average molecular weight is 256 g/mol. The van der Waals surface area contributed by atoms with E-state index in [9.17, 15) is 9.59 Å². The van der Waals surface area contributed by atoms with Gasteiger partial charge in [0.1, 0.15) is 0 Å². The molecule has 1 rings (SSSR count). The first-order chi connectivity index (χ1) is 8.52. The second-order valence-electron chi connectivity index (χ2n) is 5.17. The van der Waals surface area contributed by atoms with Crippen LogP contribution in [0.1, 0.15) is 39.5 Å². The van der Waals surface area contributed by atoms with E-state index in [4.69, 9.17) is 5.11 Å². The fourth-order valence-electron chi connectivity index (χ4n) is 2.47. The van der Waals surface area contributed by atoms with Crippen LogP contribution in [0.25, 0.3) is 0 Å². The number of hydrogen-bond donors (Lipinski definition) is 2. The number of likely N-dealkylation sites (tertiary alicyclic amines) is 1. The average Bonchev–Trinajstić information content (AvgIpc) is 2.28. The van der Waals surface area contributed by atoms with Gasteiger partial charge in [-0.15, -0.1) is 0 Å². The van der Waals surface area contributed by atoms with Gasteiger partial charge in [0.2, 0.25) is 5.91 Å². The van der Waals surface area contributed by atoms with Crippen molar-refractivity contribution in [1.29, 1.82) is 0 Å². The first-order valence-corrected chi connectivity index (χ1v) is 6.77. The molecule has 1 saturated heterocycles. The van der Waals surface area contributed by atoms with Gasteiger partial charge in [0.05, 0.1) is 12.5 Å². The van der Waals surface area contributed by atoms with Crippen molar-refractivity contribution in [2.24, 2.45) is 5.92 Å². The maximum atomic E-state index is 12.0. The van der Waals surface area contributed by atoms with Gasteiger partial charge in [-0.2, -0.15) is 0 Å². The van der Waals surface area contributed by atoms with Crippen LogP contribution in [0.5, 0.6) is 0 Å². The van der Waals surface area contributed by atoms with Crippen molar-refractivity contribution in [2.45, 2.75) is 45.6 Å². The zero-order chi connectivity index (χ0) is 13.5. The van der Waals surface area contributed by atoms with Crippen LogP contribution in [0.15, 0.2) is 0 Å². The summed E-state index contributed by atoms with van der Waals surface area (Å²) in [6.45, 7) is 5.49. The van der Waals surface area contributed by atoms with Gasteiger partial charge in [-0.05, 0) is 32.7 Å². The minimum atomic E-state index is -0.824. The molecule has 1 heterocycles. The highest BCUT2D eigenvalue weighted by Gasteiger charge is 2.27. The number of nitrogens with one attached hydrogen (secondary N) is 1. The van der Waals surface area contributed by atoms with Gasteiger partial charge in [-0.1, -0.05) is 13.3 Å². The third-order valence-corrected chi connectivity index (χ3v) is 3.35. The molecule has 2 atom stereocenters. The number of rotatable bonds is 6. The standard InChI is InChI=1S/C13H24N2O3/c1-3-5-10(2)14-13(18)11-6-4-7-15(8-11)9-12(16)17/h10-11H,3-9H2,1-2H3,(H,14,18)(H,16,17)/t10-,11-/m1/s1. The highest BCUT2D eigenvalue weighted by atomic mass is 16.4. The lowest BCUT2D eigenvalue weighted by Crippen LogP contribution is -2.46. The lowest BCUT2D eigenvalue weighted by molar-refractivity contribution is -0.140. The van der Waals surface area contributed by atoms with Crippen molar-refractivity contribution in [1.82, 2.24) is 10.2 Å². The van der Waals surface area contributed by atoms with Crippen molar-refractivity contribution in [3.63, 3.8) is 0 Å². The quantitative estimate of drug-likeness (QED) is 0.746. The molecule has 1 fully saturated rings. The van der Waals surface area contributed by atoms with Gasteiger partial charge in [0.15, 0.2) is 0 Å². The SMILES string of the molecule is CCC[C@@H](C)NC(=O)[C@@H]1CCCN(CC(=O)O)C1. The summed E-state index contributed by atoms with van der Waals surface area (Å²) in [7, 11) is 0. The van der Waals surface area contributed by atoms with Crippen molar-refractivity contribution >= 4 is 11.9 Å². The second kappa shape index (κ2) is 7.36. The molecule has 0 radical (unpaired) electrons. The molecule has 0 aromatic carbocycles. The maximum absolute atomic E-state index is 12.0. The normalized spacial score (nSPS) is 22.4. The van der Waals surface area contributed by atoms with Crippen molar-refractivity contribution in [3.8, 4) is 0 Å². The molecule has 1 amide bonds. The molecule has 0 aromatic heterocycles. The van der Waals surface area contributed by atoms with Crippen LogP contribution >= 0.6 is 0 Å². The van der Waals surface area contributed by atoms with Crippen LogP contribution < -0.4 is 5.32 Å². The molecule has 1 aliphatic rings. The first-order valence-electron chi connectivity index (χ1n) is 6.77. The van der Waals surface area contributed by atoms with Crippen LogP contribution in [0.4, 0.5) is 0 Å². The third-order valence-electron chi connectivity index (χ3n) is 3.35. The largest absolute Gasteiger partial charge is 0.480 e. The lowest BCUT2D eigenvalue weighted by Gasteiger charge is -2.31. The number of amides is 1. The monoisotopic (exact) mass is 256 g/mol. The predicted octanol–water partition coefficient (Wildman–Crippen LogP) is 1.09. The van der Waals surface area contributed by atoms with E-state index in [1.165, 1.54) is 0 Å². The molecule has 0 aromatic rings. The molecule has 5 nitrogen and oxygen atoms in total. The number of piperidine rings is 1. The molecular weight excluding hydrogens is 232 g/mol. The van der Waals surface area contributed by atoms with Crippen molar-refractivity contribution in [2.75, 3.05) is 19.6 Å². The summed E-state index contributed by atoms with van der Waals surface area (Å²) in [5.74, 6) is -0.807. The molecule has 1 aliphatic heterocycles. The minimum absolute atomic E-state index is 0.0360. The topological polar surface area (TPSA) is 69.6 Å². The van der Waals surface area contributed by atoms with Gasteiger partial charge in [0, 0.05) is 12.6 Å². The Morgan fingerprint density at radius 3 is 2.83 bits per heavy atom. The van der Waals surface area contributed by atoms with Gasteiger partial charge in [-0.25, -0.2) is 0 Å². The van der Waals surface area contributed by atoms with Gasteiger partial charge < -0.3 is 10.4 Å². The third kappa shape index (κ3) is 5.04. The van der Waals surface area contributed by atoms with Crippen LogP contribution in [0.3, 0.4) is 0 Å². The van der Waals surface area contributed by atoms with Gasteiger partial charge >= 0.3 is 5.97 Å². The number of carbonyl (C=O) groups is 2. The van der Waals surface area contributed by atoms with E-state index in [0.29, 0.717) is 6.54 Å². The number of carbonyl (C=O) groups excluding carboxylic acids is 1. The Bertz CT molecular complexity index is 294. The van der Waals surface area contributed by atoms with E-state index in [2.05, 4.69) is 12.2 Å². The van der Waals surface area contributed by atoms with Crippen molar-refractivity contribution < 1.29 is 14.7 Å². The first kappa shape index (κ1) is 15.0. The van der Waals surface area contributed by atoms with Crippen LogP contribution in [0.2, 0.25) is 0 Å². The maximum Gasteiger partial charge on any atom is 0.317 e. The summed E-state index contributed by atoms with van der Waals surface area (Å²) < 4.78 is 0. The van der Waals surface area contributed by atoms with E-state index >= 15 is 0 Å². The van der Waals surface area contributed by atoms with E-state index in [1.54, 1.807) is 0 Å². The Morgan fingerprint density at radius 2 is 2.22 bits per heavy atom. The number of nitrogens with zero attached hydrogens (tertiary/aromatic N) is 1. The molecule has 5 heteroatoms. The molecule has 0 unspecified atom stereocenters. The molecule has 0 saturated carbocycles. The Kier molecular flexibility index (Phi) is 6.12. The summed E-state index contributed by atoms with van der Waals surface area (Å²) in [6, 6.07) is 0.206. The number of carboxylic acid groups (broad SMARTS) is 1. The van der Waals surface area contributed by atoms with Crippen LogP contribution in [-0.4, -0.2) is 47.6 Å². The summed E-state index contributed by atoms with van der Waals surface area (Å²) in [6.07, 6.45) is 3.79. The highest BCUT2D eigenvalue weighted by Crippen LogP contribution is 2.16. The summed E-state index contributed by atoms with van der Waals surface area (Å²) in [4.78, 5) is 24.5. The number of carboxylic acids is 1. The second-order valence-corrected chi connectivity index (χ2v) is 5.17. The molecule has 0 bridgehead atoms. The Hall–Kier alpha value is -1.10. The lowest BCUT2D eigenvalue weighted by atomic mass is 9.96. The molecular formula is C13H24N2O3. The fourth-order valence-corrected chi connectivity index (χ4v) is 2.47. The Balaban J connectivity index is 2.40. The van der Waals surface area contributed by atoms with Gasteiger partial charge in [0.25, 0.3) is 0 Å². The molecule has 18 heavy (non-hydrogen) atoms. The Labute approximate surface area is 109 Å². The smallest absolute Gasteiger partial charge is 0.317 e. The summed E-state index contributed by atoms with van der Waals surface area (Å²) in [5, 5.41) is 11.8. The van der Waals surface area contributed by atoms with Gasteiger partial charge in [-0.3, -0.25) is 14.5 Å². The van der Waals surface area contributed by atoms with E-state index in [1.807, 2.05) is 11.8 Å². The van der Waals surface area contributed by atoms with E-state index in [-0.39, 0.29) is 24.4 Å². The summed E-state index contributed by atoms with van der Waals surface area (Å²) >= 11 is 0. The molecule has 0 spiro atoms. The zero-order valence-electron chi connectivity index (χ0n) is 11.3. The summed E-state index contributed by atoms with van der Waals surface area (Å²) in [5.41, 5.74) is 0. The predicted molar refractivity (Wildman–Crippen MR) is 69.3 cm³/mol.